The maximum absolute atomic E-state index is 12.4. The SMILES string of the molecule is CCCCc1coc(C(=O)c2cccn2CCI)c1. The molecule has 2 rings (SSSR count). The van der Waals surface area contributed by atoms with Crippen molar-refractivity contribution < 1.29 is 9.21 Å². The number of hydrogen-bond acceptors (Lipinski definition) is 2. The van der Waals surface area contributed by atoms with Gasteiger partial charge in [0.05, 0.1) is 12.0 Å². The van der Waals surface area contributed by atoms with E-state index in [0.29, 0.717) is 11.5 Å². The lowest BCUT2D eigenvalue weighted by atomic mass is 10.1. The van der Waals surface area contributed by atoms with Crippen LogP contribution in [0.15, 0.2) is 35.1 Å². The predicted molar refractivity (Wildman–Crippen MR) is 84.1 cm³/mol. The first-order valence-corrected chi connectivity index (χ1v) is 8.12. The van der Waals surface area contributed by atoms with Crippen LogP contribution in [0, 0.1) is 0 Å². The summed E-state index contributed by atoms with van der Waals surface area (Å²) in [6.07, 6.45) is 6.88. The third kappa shape index (κ3) is 3.49. The van der Waals surface area contributed by atoms with E-state index in [4.69, 9.17) is 4.42 Å². The summed E-state index contributed by atoms with van der Waals surface area (Å²) in [5.41, 5.74) is 1.81. The summed E-state index contributed by atoms with van der Waals surface area (Å²) in [6, 6.07) is 5.63. The van der Waals surface area contributed by atoms with Crippen molar-refractivity contribution in [3.63, 3.8) is 0 Å². The highest BCUT2D eigenvalue weighted by molar-refractivity contribution is 14.1. The monoisotopic (exact) mass is 371 g/mol. The van der Waals surface area contributed by atoms with Crippen molar-refractivity contribution in [1.29, 1.82) is 0 Å². The van der Waals surface area contributed by atoms with Crippen LogP contribution in [0.2, 0.25) is 0 Å². The fourth-order valence-corrected chi connectivity index (χ4v) is 2.56. The largest absolute Gasteiger partial charge is 0.461 e. The minimum atomic E-state index is -0.0300. The summed E-state index contributed by atoms with van der Waals surface area (Å²) in [5, 5.41) is 0. The number of rotatable bonds is 7. The number of unbranched alkanes of at least 4 members (excludes halogenated alkanes) is 1. The molecule has 0 aliphatic heterocycles. The quantitative estimate of drug-likeness (QED) is 0.418. The first-order chi connectivity index (χ1) is 9.26. The Balaban J connectivity index is 2.14. The molecule has 0 fully saturated rings. The first kappa shape index (κ1) is 14.4. The molecule has 4 heteroatoms. The molecule has 0 atom stereocenters. The number of alkyl halides is 1. The van der Waals surface area contributed by atoms with Gasteiger partial charge in [-0.3, -0.25) is 4.79 Å². The van der Waals surface area contributed by atoms with Gasteiger partial charge in [-0.25, -0.2) is 0 Å². The van der Waals surface area contributed by atoms with E-state index in [1.54, 1.807) is 6.26 Å². The molecule has 19 heavy (non-hydrogen) atoms. The van der Waals surface area contributed by atoms with Gasteiger partial charge in [0.15, 0.2) is 5.76 Å². The average Bonchev–Trinajstić information content (AvgIpc) is 3.05. The normalized spacial score (nSPS) is 10.8. The van der Waals surface area contributed by atoms with Crippen molar-refractivity contribution >= 4 is 28.4 Å². The summed E-state index contributed by atoms with van der Waals surface area (Å²) in [5.74, 6) is 0.414. The number of aryl methyl sites for hydroxylation is 2. The molecule has 0 saturated carbocycles. The molecule has 2 aromatic rings. The molecule has 0 unspecified atom stereocenters. The number of hydrogen-bond donors (Lipinski definition) is 0. The molecule has 0 spiro atoms. The molecule has 0 saturated heterocycles. The highest BCUT2D eigenvalue weighted by atomic mass is 127. The fourth-order valence-electron chi connectivity index (χ4n) is 2.04. The van der Waals surface area contributed by atoms with E-state index in [1.165, 1.54) is 0 Å². The van der Waals surface area contributed by atoms with Crippen molar-refractivity contribution in [2.75, 3.05) is 4.43 Å². The Bertz CT molecular complexity index is 542. The zero-order valence-corrected chi connectivity index (χ0v) is 13.2. The molecule has 102 valence electrons. The standard InChI is InChI=1S/C15H18INO2/c1-2-3-5-12-10-14(19-11-12)15(18)13-6-4-8-17(13)9-7-16/h4,6,8,10-11H,2-3,5,7,9H2,1H3. The maximum Gasteiger partial charge on any atom is 0.244 e. The molecule has 0 bridgehead atoms. The number of halogens is 1. The summed E-state index contributed by atoms with van der Waals surface area (Å²) in [4.78, 5) is 12.4. The minimum Gasteiger partial charge on any atom is -0.461 e. The van der Waals surface area contributed by atoms with Gasteiger partial charge in [-0.2, -0.15) is 0 Å². The second kappa shape index (κ2) is 6.93. The highest BCUT2D eigenvalue weighted by Gasteiger charge is 2.16. The summed E-state index contributed by atoms with van der Waals surface area (Å²) < 4.78 is 8.37. The van der Waals surface area contributed by atoms with Gasteiger partial charge in [0.25, 0.3) is 0 Å². The second-order valence-corrected chi connectivity index (χ2v) is 5.61. The molecule has 2 heterocycles. The first-order valence-electron chi connectivity index (χ1n) is 6.59. The van der Waals surface area contributed by atoms with Gasteiger partial charge < -0.3 is 8.98 Å². The smallest absolute Gasteiger partial charge is 0.244 e. The van der Waals surface area contributed by atoms with Crippen molar-refractivity contribution in [3.05, 3.63) is 47.7 Å². The molecule has 0 N–H and O–H groups in total. The Hall–Kier alpha value is -1.04. The number of nitrogens with zero attached hydrogens (tertiary/aromatic N) is 1. The topological polar surface area (TPSA) is 35.1 Å². The van der Waals surface area contributed by atoms with Gasteiger partial charge in [0.2, 0.25) is 5.78 Å². The lowest BCUT2D eigenvalue weighted by Crippen LogP contribution is -2.09. The molecule has 2 aromatic heterocycles. The Morgan fingerprint density at radius 1 is 1.47 bits per heavy atom. The van der Waals surface area contributed by atoms with Crippen LogP contribution in [0.1, 0.15) is 41.6 Å². The van der Waals surface area contributed by atoms with Crippen molar-refractivity contribution in [1.82, 2.24) is 4.57 Å². The number of carbonyl (C=O) groups excluding carboxylic acids is 1. The molecule has 0 radical (unpaired) electrons. The molecule has 0 amide bonds. The van der Waals surface area contributed by atoms with Crippen molar-refractivity contribution in [2.24, 2.45) is 0 Å². The van der Waals surface area contributed by atoms with Gasteiger partial charge in [0, 0.05) is 17.2 Å². The molecule has 0 aromatic carbocycles. The number of ketones is 1. The zero-order valence-electron chi connectivity index (χ0n) is 11.1. The van der Waals surface area contributed by atoms with Gasteiger partial charge in [0.1, 0.15) is 0 Å². The summed E-state index contributed by atoms with van der Waals surface area (Å²) >= 11 is 2.31. The van der Waals surface area contributed by atoms with Crippen molar-refractivity contribution in [3.8, 4) is 0 Å². The Labute approximate surface area is 127 Å². The van der Waals surface area contributed by atoms with E-state index in [-0.39, 0.29) is 5.78 Å². The van der Waals surface area contributed by atoms with Crippen LogP contribution in [0.4, 0.5) is 0 Å². The summed E-state index contributed by atoms with van der Waals surface area (Å²) in [6.45, 7) is 3.00. The van der Waals surface area contributed by atoms with Crippen LogP contribution in [-0.2, 0) is 13.0 Å². The minimum absolute atomic E-state index is 0.0300. The number of carbonyl (C=O) groups is 1. The Kier molecular flexibility index (Phi) is 5.24. The third-order valence-electron chi connectivity index (χ3n) is 3.08. The van der Waals surface area contributed by atoms with Crippen molar-refractivity contribution in [2.45, 2.75) is 32.7 Å². The fraction of sp³-hybridized carbons (Fsp3) is 0.400. The van der Waals surface area contributed by atoms with Crippen LogP contribution in [0.5, 0.6) is 0 Å². The van der Waals surface area contributed by atoms with E-state index in [0.717, 1.165) is 35.8 Å². The second-order valence-electron chi connectivity index (χ2n) is 4.53. The molecular weight excluding hydrogens is 353 g/mol. The van der Waals surface area contributed by atoms with E-state index in [1.807, 2.05) is 29.0 Å². The van der Waals surface area contributed by atoms with Gasteiger partial charge in [-0.05, 0) is 36.6 Å². The molecule has 3 nitrogen and oxygen atoms in total. The van der Waals surface area contributed by atoms with E-state index in [9.17, 15) is 4.79 Å². The Morgan fingerprint density at radius 3 is 3.05 bits per heavy atom. The van der Waals surface area contributed by atoms with Crippen LogP contribution < -0.4 is 0 Å². The molecule has 0 aliphatic rings. The maximum atomic E-state index is 12.4. The average molecular weight is 371 g/mol. The van der Waals surface area contributed by atoms with Crippen LogP contribution in [0.25, 0.3) is 0 Å². The Morgan fingerprint density at radius 2 is 2.32 bits per heavy atom. The van der Waals surface area contributed by atoms with E-state index >= 15 is 0 Å². The zero-order chi connectivity index (χ0) is 13.7. The lowest BCUT2D eigenvalue weighted by Gasteiger charge is -2.04. The van der Waals surface area contributed by atoms with Gasteiger partial charge >= 0.3 is 0 Å². The lowest BCUT2D eigenvalue weighted by molar-refractivity contribution is 0.100. The predicted octanol–water partition coefficient (Wildman–Crippen LogP) is 4.09. The number of aromatic nitrogens is 1. The molecular formula is C15H18INO2. The third-order valence-corrected chi connectivity index (χ3v) is 3.57. The van der Waals surface area contributed by atoms with Crippen LogP contribution in [-0.4, -0.2) is 14.8 Å². The van der Waals surface area contributed by atoms with Crippen LogP contribution in [0.3, 0.4) is 0 Å². The van der Waals surface area contributed by atoms with Crippen LogP contribution >= 0.6 is 22.6 Å². The van der Waals surface area contributed by atoms with E-state index in [2.05, 4.69) is 29.5 Å². The summed E-state index contributed by atoms with van der Waals surface area (Å²) in [7, 11) is 0. The van der Waals surface area contributed by atoms with Gasteiger partial charge in [-0.15, -0.1) is 0 Å². The molecule has 0 aliphatic carbocycles. The van der Waals surface area contributed by atoms with Gasteiger partial charge in [-0.1, -0.05) is 35.9 Å². The number of furan rings is 1. The highest BCUT2D eigenvalue weighted by Crippen LogP contribution is 2.16. The van der Waals surface area contributed by atoms with E-state index < -0.39 is 0 Å².